The number of carbonyl (C=O) groups excluding carboxylic acids is 1. The fourth-order valence-corrected chi connectivity index (χ4v) is 2.34. The van der Waals surface area contributed by atoms with Gasteiger partial charge in [0.15, 0.2) is 0 Å². The number of rotatable bonds is 6. The maximum absolute atomic E-state index is 11.3. The van der Waals surface area contributed by atoms with Gasteiger partial charge >= 0.3 is 0 Å². The van der Waals surface area contributed by atoms with E-state index in [1.807, 2.05) is 18.2 Å². The highest BCUT2D eigenvalue weighted by molar-refractivity contribution is 8.00. The molecule has 1 N–H and O–H groups in total. The van der Waals surface area contributed by atoms with Crippen LogP contribution in [0.25, 0.3) is 0 Å². The van der Waals surface area contributed by atoms with Crippen molar-refractivity contribution in [2.24, 2.45) is 0 Å². The molecule has 0 radical (unpaired) electrons. The van der Waals surface area contributed by atoms with Gasteiger partial charge in [-0.2, -0.15) is 25.3 Å². The number of benzene rings is 1. The molecule has 0 atom stereocenters. The van der Waals surface area contributed by atoms with Crippen LogP contribution in [0, 0.1) is 0 Å². The molecule has 0 unspecified atom stereocenters. The molecule has 0 bridgehead atoms. The SMILES string of the molecule is COc1ccc(NC(=O)CS)c(SCCS)c1. The molecule has 3 nitrogen and oxygen atoms in total. The van der Waals surface area contributed by atoms with Crippen LogP contribution in [0.3, 0.4) is 0 Å². The zero-order chi connectivity index (χ0) is 12.7. The van der Waals surface area contributed by atoms with E-state index < -0.39 is 0 Å². The van der Waals surface area contributed by atoms with E-state index in [0.717, 1.165) is 27.8 Å². The van der Waals surface area contributed by atoms with Crippen molar-refractivity contribution in [2.75, 3.05) is 29.7 Å². The number of hydrogen-bond donors (Lipinski definition) is 3. The van der Waals surface area contributed by atoms with Crippen molar-refractivity contribution in [3.63, 3.8) is 0 Å². The van der Waals surface area contributed by atoms with E-state index in [1.54, 1.807) is 18.9 Å². The molecule has 0 heterocycles. The van der Waals surface area contributed by atoms with Crippen molar-refractivity contribution in [1.82, 2.24) is 0 Å². The third-order valence-corrected chi connectivity index (χ3v) is 3.83. The number of ether oxygens (including phenoxy) is 1. The summed E-state index contributed by atoms with van der Waals surface area (Å²) in [4.78, 5) is 12.3. The number of methoxy groups -OCH3 is 1. The van der Waals surface area contributed by atoms with Crippen LogP contribution in [0.5, 0.6) is 5.75 Å². The van der Waals surface area contributed by atoms with Gasteiger partial charge < -0.3 is 10.1 Å². The summed E-state index contributed by atoms with van der Waals surface area (Å²) < 4.78 is 5.16. The predicted molar refractivity (Wildman–Crippen MR) is 80.1 cm³/mol. The van der Waals surface area contributed by atoms with E-state index in [-0.39, 0.29) is 11.7 Å². The van der Waals surface area contributed by atoms with E-state index in [0.29, 0.717) is 0 Å². The molecule has 1 aromatic carbocycles. The first-order valence-electron chi connectivity index (χ1n) is 5.03. The molecule has 0 aliphatic carbocycles. The summed E-state index contributed by atoms with van der Waals surface area (Å²) in [6, 6.07) is 5.56. The fraction of sp³-hybridized carbons (Fsp3) is 0.364. The second-order valence-corrected chi connectivity index (χ2v) is 5.04. The van der Waals surface area contributed by atoms with E-state index in [2.05, 4.69) is 30.6 Å². The zero-order valence-electron chi connectivity index (χ0n) is 9.47. The largest absolute Gasteiger partial charge is 0.497 e. The van der Waals surface area contributed by atoms with E-state index >= 15 is 0 Å². The van der Waals surface area contributed by atoms with Gasteiger partial charge in [0.05, 0.1) is 18.6 Å². The highest BCUT2D eigenvalue weighted by atomic mass is 32.2. The molecule has 0 aliphatic rings. The van der Waals surface area contributed by atoms with Gasteiger partial charge in [-0.3, -0.25) is 4.79 Å². The third kappa shape index (κ3) is 4.73. The highest BCUT2D eigenvalue weighted by Gasteiger charge is 2.07. The van der Waals surface area contributed by atoms with Crippen molar-refractivity contribution < 1.29 is 9.53 Å². The van der Waals surface area contributed by atoms with Gasteiger partial charge in [0.25, 0.3) is 0 Å². The van der Waals surface area contributed by atoms with Gasteiger partial charge in [-0.15, -0.1) is 11.8 Å². The maximum Gasteiger partial charge on any atom is 0.234 e. The van der Waals surface area contributed by atoms with Crippen molar-refractivity contribution in [2.45, 2.75) is 4.90 Å². The number of carbonyl (C=O) groups is 1. The minimum Gasteiger partial charge on any atom is -0.497 e. The predicted octanol–water partition coefficient (Wildman–Crippen LogP) is 2.59. The number of thiol groups is 2. The Bertz CT molecular complexity index is 385. The average Bonchev–Trinajstić information content (AvgIpc) is 2.37. The zero-order valence-corrected chi connectivity index (χ0v) is 12.1. The standard InChI is InChI=1S/C11H15NO2S3/c1-14-8-2-3-9(12-11(13)7-16)10(6-8)17-5-4-15/h2-3,6,15-16H,4-5,7H2,1H3,(H,12,13). The molecule has 1 amide bonds. The van der Waals surface area contributed by atoms with Crippen LogP contribution >= 0.6 is 37.0 Å². The molecule has 0 fully saturated rings. The van der Waals surface area contributed by atoms with Crippen molar-refractivity contribution in [3.05, 3.63) is 18.2 Å². The maximum atomic E-state index is 11.3. The van der Waals surface area contributed by atoms with E-state index in [1.165, 1.54) is 0 Å². The molecule has 0 saturated heterocycles. The lowest BCUT2D eigenvalue weighted by Crippen LogP contribution is -2.13. The van der Waals surface area contributed by atoms with Gasteiger partial charge in [0.1, 0.15) is 5.75 Å². The first kappa shape index (κ1) is 14.6. The quantitative estimate of drug-likeness (QED) is 0.557. The Balaban J connectivity index is 2.89. The number of amides is 1. The third-order valence-electron chi connectivity index (χ3n) is 1.96. The molecule has 1 rings (SSSR count). The fourth-order valence-electron chi connectivity index (χ4n) is 1.20. The number of nitrogens with one attached hydrogen (secondary N) is 1. The second kappa shape index (κ2) is 7.79. The first-order chi connectivity index (χ1) is 8.21. The molecule has 0 saturated carbocycles. The average molecular weight is 289 g/mol. The van der Waals surface area contributed by atoms with Gasteiger partial charge in [0, 0.05) is 10.6 Å². The molecule has 94 valence electrons. The van der Waals surface area contributed by atoms with Crippen LogP contribution in [0.15, 0.2) is 23.1 Å². The minimum atomic E-state index is -0.119. The van der Waals surface area contributed by atoms with Crippen LogP contribution in [0.2, 0.25) is 0 Å². The summed E-state index contributed by atoms with van der Waals surface area (Å²) >= 11 is 9.74. The van der Waals surface area contributed by atoms with Crippen LogP contribution < -0.4 is 10.1 Å². The summed E-state index contributed by atoms with van der Waals surface area (Å²) in [6.45, 7) is 0. The van der Waals surface area contributed by atoms with Crippen molar-refractivity contribution >= 4 is 48.6 Å². The van der Waals surface area contributed by atoms with Gasteiger partial charge in [0.2, 0.25) is 5.91 Å². The molecule has 1 aromatic rings. The summed E-state index contributed by atoms with van der Waals surface area (Å²) in [5.74, 6) is 2.48. The Morgan fingerprint density at radius 3 is 2.82 bits per heavy atom. The second-order valence-electron chi connectivity index (χ2n) is 3.14. The molecule has 0 spiro atoms. The smallest absolute Gasteiger partial charge is 0.234 e. The molecule has 0 aliphatic heterocycles. The lowest BCUT2D eigenvalue weighted by Gasteiger charge is -2.11. The summed E-state index contributed by atoms with van der Waals surface area (Å²) in [6.07, 6.45) is 0. The Morgan fingerprint density at radius 1 is 1.47 bits per heavy atom. The molecule has 17 heavy (non-hydrogen) atoms. The van der Waals surface area contributed by atoms with Crippen LogP contribution in [-0.2, 0) is 4.79 Å². The Hall–Kier alpha value is -0.460. The summed E-state index contributed by atoms with van der Waals surface area (Å²) in [7, 11) is 1.62. The monoisotopic (exact) mass is 289 g/mol. The topological polar surface area (TPSA) is 38.3 Å². The minimum absolute atomic E-state index is 0.119. The van der Waals surface area contributed by atoms with Crippen molar-refractivity contribution in [3.8, 4) is 5.75 Å². The molecular formula is C11H15NO2S3. The van der Waals surface area contributed by atoms with Crippen LogP contribution in [0.4, 0.5) is 5.69 Å². The highest BCUT2D eigenvalue weighted by Crippen LogP contribution is 2.31. The van der Waals surface area contributed by atoms with Crippen molar-refractivity contribution in [1.29, 1.82) is 0 Å². The van der Waals surface area contributed by atoms with Gasteiger partial charge in [-0.05, 0) is 24.0 Å². The van der Waals surface area contributed by atoms with Crippen LogP contribution in [0.1, 0.15) is 0 Å². The number of anilines is 1. The molecule has 6 heteroatoms. The van der Waals surface area contributed by atoms with Gasteiger partial charge in [-0.1, -0.05) is 0 Å². The Kier molecular flexibility index (Phi) is 6.69. The summed E-state index contributed by atoms with van der Waals surface area (Å²) in [5.41, 5.74) is 0.789. The summed E-state index contributed by atoms with van der Waals surface area (Å²) in [5, 5.41) is 2.80. The van der Waals surface area contributed by atoms with E-state index in [9.17, 15) is 4.79 Å². The molecule has 0 aromatic heterocycles. The lowest BCUT2D eigenvalue weighted by molar-refractivity contribution is -0.113. The Morgan fingerprint density at radius 2 is 2.24 bits per heavy atom. The number of thioether (sulfide) groups is 1. The Labute approximate surface area is 117 Å². The van der Waals surface area contributed by atoms with E-state index in [4.69, 9.17) is 4.74 Å². The molecular weight excluding hydrogens is 274 g/mol. The number of hydrogen-bond acceptors (Lipinski definition) is 5. The lowest BCUT2D eigenvalue weighted by atomic mass is 10.3. The van der Waals surface area contributed by atoms with Crippen LogP contribution in [-0.4, -0.2) is 30.3 Å². The van der Waals surface area contributed by atoms with Gasteiger partial charge in [-0.25, -0.2) is 0 Å². The normalized spacial score (nSPS) is 10.1. The first-order valence-corrected chi connectivity index (χ1v) is 7.28.